The van der Waals surface area contributed by atoms with Crippen molar-refractivity contribution in [3.8, 4) is 11.5 Å². The summed E-state index contributed by atoms with van der Waals surface area (Å²) >= 11 is 6.03. The SMILES string of the molecule is CCOC(=O)C(O)c1ccc(OC)c(Cl)c1OC. The van der Waals surface area contributed by atoms with Crippen molar-refractivity contribution < 1.29 is 24.1 Å². The lowest BCUT2D eigenvalue weighted by Crippen LogP contribution is -2.16. The Hall–Kier alpha value is -1.46. The minimum absolute atomic E-state index is 0.183. The molecule has 1 aromatic rings. The van der Waals surface area contributed by atoms with Crippen LogP contribution in [0.1, 0.15) is 18.6 Å². The largest absolute Gasteiger partial charge is 0.495 e. The number of methoxy groups -OCH3 is 2. The average molecular weight is 275 g/mol. The van der Waals surface area contributed by atoms with E-state index in [0.29, 0.717) is 5.75 Å². The van der Waals surface area contributed by atoms with Gasteiger partial charge in [-0.05, 0) is 19.1 Å². The van der Waals surface area contributed by atoms with Gasteiger partial charge < -0.3 is 19.3 Å². The Morgan fingerprint density at radius 3 is 2.56 bits per heavy atom. The number of carbonyl (C=O) groups is 1. The third-order valence-electron chi connectivity index (χ3n) is 2.32. The van der Waals surface area contributed by atoms with Crippen LogP contribution in [0.15, 0.2) is 12.1 Å². The minimum Gasteiger partial charge on any atom is -0.495 e. The Bertz CT molecular complexity index is 433. The van der Waals surface area contributed by atoms with Gasteiger partial charge in [0.2, 0.25) is 0 Å². The second kappa shape index (κ2) is 6.47. The summed E-state index contributed by atoms with van der Waals surface area (Å²) in [5, 5.41) is 10.1. The molecule has 0 heterocycles. The third kappa shape index (κ3) is 2.86. The van der Waals surface area contributed by atoms with Crippen LogP contribution >= 0.6 is 11.6 Å². The molecular formula is C12H15ClO5. The van der Waals surface area contributed by atoms with Crippen LogP contribution in [-0.4, -0.2) is 31.9 Å². The number of carbonyl (C=O) groups excluding carboxylic acids is 1. The van der Waals surface area contributed by atoms with Crippen LogP contribution in [0.25, 0.3) is 0 Å². The monoisotopic (exact) mass is 274 g/mol. The van der Waals surface area contributed by atoms with E-state index in [4.69, 9.17) is 25.8 Å². The normalized spacial score (nSPS) is 11.8. The van der Waals surface area contributed by atoms with Crippen molar-refractivity contribution in [3.05, 3.63) is 22.7 Å². The molecule has 0 aromatic heterocycles. The number of aliphatic hydroxyl groups is 1. The fraction of sp³-hybridized carbons (Fsp3) is 0.417. The van der Waals surface area contributed by atoms with Crippen LogP contribution in [-0.2, 0) is 9.53 Å². The van der Waals surface area contributed by atoms with Crippen LogP contribution in [0.5, 0.6) is 11.5 Å². The van der Waals surface area contributed by atoms with Crippen LogP contribution in [0.2, 0.25) is 5.02 Å². The van der Waals surface area contributed by atoms with Gasteiger partial charge in [-0.2, -0.15) is 0 Å². The maximum absolute atomic E-state index is 11.5. The van der Waals surface area contributed by atoms with E-state index < -0.39 is 12.1 Å². The summed E-state index contributed by atoms with van der Waals surface area (Å²) in [5.74, 6) is -0.165. The van der Waals surface area contributed by atoms with Crippen molar-refractivity contribution in [2.75, 3.05) is 20.8 Å². The molecule has 0 saturated heterocycles. The lowest BCUT2D eigenvalue weighted by atomic mass is 10.1. The zero-order valence-electron chi connectivity index (χ0n) is 10.4. The van der Waals surface area contributed by atoms with Gasteiger partial charge in [0.25, 0.3) is 0 Å². The zero-order chi connectivity index (χ0) is 13.7. The summed E-state index contributed by atoms with van der Waals surface area (Å²) < 4.78 is 14.8. The van der Waals surface area contributed by atoms with Crippen molar-refractivity contribution >= 4 is 17.6 Å². The molecule has 6 heteroatoms. The highest BCUT2D eigenvalue weighted by atomic mass is 35.5. The molecule has 0 spiro atoms. The first-order valence-electron chi connectivity index (χ1n) is 5.31. The molecular weight excluding hydrogens is 260 g/mol. The molecule has 1 aromatic carbocycles. The Balaban J connectivity index is 3.16. The minimum atomic E-state index is -1.44. The fourth-order valence-corrected chi connectivity index (χ4v) is 1.81. The van der Waals surface area contributed by atoms with Gasteiger partial charge in [-0.15, -0.1) is 0 Å². The molecule has 0 aliphatic rings. The zero-order valence-corrected chi connectivity index (χ0v) is 11.2. The van der Waals surface area contributed by atoms with E-state index in [0.717, 1.165) is 0 Å². The molecule has 0 fully saturated rings. The molecule has 0 amide bonds. The number of benzene rings is 1. The fourth-order valence-electron chi connectivity index (χ4n) is 1.48. The van der Waals surface area contributed by atoms with Gasteiger partial charge in [0, 0.05) is 5.56 Å². The molecule has 0 bridgehead atoms. The van der Waals surface area contributed by atoms with E-state index >= 15 is 0 Å². The van der Waals surface area contributed by atoms with Gasteiger partial charge >= 0.3 is 5.97 Å². The first-order chi connectivity index (χ1) is 8.56. The maximum Gasteiger partial charge on any atom is 0.339 e. The van der Waals surface area contributed by atoms with Crippen molar-refractivity contribution in [1.29, 1.82) is 0 Å². The number of esters is 1. The van der Waals surface area contributed by atoms with Gasteiger partial charge in [0.15, 0.2) is 6.10 Å². The van der Waals surface area contributed by atoms with Crippen molar-refractivity contribution in [2.24, 2.45) is 0 Å². The van der Waals surface area contributed by atoms with Gasteiger partial charge in [-0.1, -0.05) is 11.6 Å². The van der Waals surface area contributed by atoms with Gasteiger partial charge in [0.1, 0.15) is 16.5 Å². The van der Waals surface area contributed by atoms with E-state index in [1.54, 1.807) is 13.0 Å². The summed E-state index contributed by atoms with van der Waals surface area (Å²) in [6, 6.07) is 3.05. The highest BCUT2D eigenvalue weighted by Crippen LogP contribution is 2.39. The quantitative estimate of drug-likeness (QED) is 0.832. The molecule has 100 valence electrons. The summed E-state index contributed by atoms with van der Waals surface area (Å²) in [6.07, 6.45) is -1.44. The Labute approximate surface area is 110 Å². The van der Waals surface area contributed by atoms with E-state index in [-0.39, 0.29) is 22.9 Å². The van der Waals surface area contributed by atoms with Crippen molar-refractivity contribution in [2.45, 2.75) is 13.0 Å². The molecule has 18 heavy (non-hydrogen) atoms. The number of ether oxygens (including phenoxy) is 3. The van der Waals surface area contributed by atoms with Crippen molar-refractivity contribution in [3.63, 3.8) is 0 Å². The second-order valence-electron chi connectivity index (χ2n) is 3.36. The summed E-state index contributed by atoms with van der Waals surface area (Å²) in [6.45, 7) is 1.84. The smallest absolute Gasteiger partial charge is 0.339 e. The topological polar surface area (TPSA) is 65.0 Å². The predicted octanol–water partition coefficient (Wildman–Crippen LogP) is 1.95. The van der Waals surface area contributed by atoms with Crippen molar-refractivity contribution in [1.82, 2.24) is 0 Å². The van der Waals surface area contributed by atoms with Crippen LogP contribution in [0, 0.1) is 0 Å². The average Bonchev–Trinajstić information content (AvgIpc) is 2.37. The lowest BCUT2D eigenvalue weighted by molar-refractivity contribution is -0.153. The predicted molar refractivity (Wildman–Crippen MR) is 66.1 cm³/mol. The Kier molecular flexibility index (Phi) is 5.25. The van der Waals surface area contributed by atoms with Gasteiger partial charge in [0.05, 0.1) is 20.8 Å². The second-order valence-corrected chi connectivity index (χ2v) is 3.74. The van der Waals surface area contributed by atoms with Crippen LogP contribution in [0.3, 0.4) is 0 Å². The molecule has 1 rings (SSSR count). The lowest BCUT2D eigenvalue weighted by Gasteiger charge is -2.16. The summed E-state index contributed by atoms with van der Waals surface area (Å²) in [5.41, 5.74) is 0.238. The van der Waals surface area contributed by atoms with Crippen LogP contribution < -0.4 is 9.47 Å². The summed E-state index contributed by atoms with van der Waals surface area (Å²) in [4.78, 5) is 11.5. The van der Waals surface area contributed by atoms with Gasteiger partial charge in [-0.25, -0.2) is 4.79 Å². The third-order valence-corrected chi connectivity index (χ3v) is 2.68. The number of hydrogen-bond donors (Lipinski definition) is 1. The molecule has 0 aliphatic carbocycles. The molecule has 0 radical (unpaired) electrons. The van der Waals surface area contributed by atoms with E-state index in [9.17, 15) is 9.90 Å². The Morgan fingerprint density at radius 1 is 1.39 bits per heavy atom. The van der Waals surface area contributed by atoms with E-state index in [1.807, 2.05) is 0 Å². The van der Waals surface area contributed by atoms with Gasteiger partial charge in [-0.3, -0.25) is 0 Å². The number of rotatable bonds is 5. The standard InChI is InChI=1S/C12H15ClO5/c1-4-18-12(15)10(14)7-5-6-8(16-2)9(13)11(7)17-3/h5-6,10,14H,4H2,1-3H3. The maximum atomic E-state index is 11.5. The first-order valence-corrected chi connectivity index (χ1v) is 5.69. The molecule has 0 saturated carbocycles. The number of halogens is 1. The first kappa shape index (κ1) is 14.6. The van der Waals surface area contributed by atoms with E-state index in [1.165, 1.54) is 20.3 Å². The highest BCUT2D eigenvalue weighted by Gasteiger charge is 2.25. The molecule has 1 unspecified atom stereocenters. The van der Waals surface area contributed by atoms with Crippen LogP contribution in [0.4, 0.5) is 0 Å². The Morgan fingerprint density at radius 2 is 2.06 bits per heavy atom. The summed E-state index contributed by atoms with van der Waals surface area (Å²) in [7, 11) is 2.85. The molecule has 0 aliphatic heterocycles. The molecule has 1 N–H and O–H groups in total. The number of hydrogen-bond acceptors (Lipinski definition) is 5. The van der Waals surface area contributed by atoms with E-state index in [2.05, 4.69) is 0 Å². The highest BCUT2D eigenvalue weighted by molar-refractivity contribution is 6.33. The molecule has 5 nitrogen and oxygen atoms in total. The number of aliphatic hydroxyl groups excluding tert-OH is 1. The molecule has 1 atom stereocenters.